The first kappa shape index (κ1) is 23.5. The molecule has 0 bridgehead atoms. The molecular weight excluding hydrogens is 449 g/mol. The first-order valence-corrected chi connectivity index (χ1v) is 12.4. The number of hydrogen-bond donors (Lipinski definition) is 0. The Morgan fingerprint density at radius 2 is 1.94 bits per heavy atom. The maximum absolute atomic E-state index is 14.1. The monoisotopic (exact) mass is 477 g/mol. The quantitative estimate of drug-likeness (QED) is 0.505. The zero-order valence-electron chi connectivity index (χ0n) is 19.2. The van der Waals surface area contributed by atoms with Crippen molar-refractivity contribution >= 4 is 16.8 Å². The van der Waals surface area contributed by atoms with Gasteiger partial charge in [-0.05, 0) is 31.0 Å². The summed E-state index contributed by atoms with van der Waals surface area (Å²) in [6, 6.07) is 4.94. The van der Waals surface area contributed by atoms with Gasteiger partial charge in [0.15, 0.2) is 5.82 Å². The van der Waals surface area contributed by atoms with Gasteiger partial charge >= 0.3 is 6.01 Å². The zero-order valence-corrected chi connectivity index (χ0v) is 20.0. The van der Waals surface area contributed by atoms with Crippen molar-refractivity contribution in [2.45, 2.75) is 56.4 Å². The number of rotatable bonds is 7. The largest absolute Gasteiger partial charge is 0.378 e. The van der Waals surface area contributed by atoms with Gasteiger partial charge in [-0.2, -0.15) is 9.97 Å². The summed E-state index contributed by atoms with van der Waals surface area (Å²) in [6.45, 7) is 8.17. The summed E-state index contributed by atoms with van der Waals surface area (Å²) in [5.74, 6) is 0.865. The van der Waals surface area contributed by atoms with Crippen molar-refractivity contribution in [1.82, 2.24) is 20.3 Å². The first-order valence-electron chi connectivity index (χ1n) is 10.9. The summed E-state index contributed by atoms with van der Waals surface area (Å²) in [4.78, 5) is 11.1. The zero-order chi connectivity index (χ0) is 23.6. The van der Waals surface area contributed by atoms with E-state index in [1.54, 1.807) is 6.07 Å². The van der Waals surface area contributed by atoms with E-state index in [2.05, 4.69) is 46.0 Å². The lowest BCUT2D eigenvalue weighted by Gasteiger charge is -2.30. The summed E-state index contributed by atoms with van der Waals surface area (Å²) in [6.07, 6.45) is 3.73. The van der Waals surface area contributed by atoms with Crippen molar-refractivity contribution < 1.29 is 22.4 Å². The van der Waals surface area contributed by atoms with E-state index >= 15 is 0 Å². The molecule has 4 rings (SSSR count). The van der Waals surface area contributed by atoms with E-state index in [4.69, 9.17) is 13.8 Å². The number of hydrogen-bond acceptors (Lipinski definition) is 9. The minimum atomic E-state index is -1.39. The average Bonchev–Trinajstić information content (AvgIpc) is 3.44. The van der Waals surface area contributed by atoms with Gasteiger partial charge in [-0.15, -0.1) is 0 Å². The molecule has 9 nitrogen and oxygen atoms in total. The van der Waals surface area contributed by atoms with Crippen LogP contribution in [0.3, 0.4) is 0 Å². The third-order valence-electron chi connectivity index (χ3n) is 5.44. The van der Waals surface area contributed by atoms with E-state index < -0.39 is 16.6 Å². The molecular formula is C22H28FN5O4S. The first-order chi connectivity index (χ1) is 15.7. The van der Waals surface area contributed by atoms with Gasteiger partial charge in [0.2, 0.25) is 11.7 Å². The molecule has 0 aliphatic carbocycles. The standard InChI is InChI=1S/C22H28FN5O4S/c1-22(2,3)20-25-21(32-27-20)28-10-7-15(8-11-28)30-12-9-18-24-19(26-31-18)14-5-6-17(33(4)29)16(23)13-14/h5-6,13,15H,7-12H2,1-4H3. The van der Waals surface area contributed by atoms with Gasteiger partial charge < -0.3 is 18.7 Å². The van der Waals surface area contributed by atoms with E-state index in [0.29, 0.717) is 42.1 Å². The topological polar surface area (TPSA) is 107 Å². The molecule has 2 aromatic heterocycles. The molecule has 0 N–H and O–H groups in total. The third kappa shape index (κ3) is 5.64. The van der Waals surface area contributed by atoms with E-state index in [9.17, 15) is 8.60 Å². The Labute approximate surface area is 194 Å². The maximum atomic E-state index is 14.1. The Bertz CT molecular complexity index is 1120. The second kappa shape index (κ2) is 9.68. The molecule has 1 fully saturated rings. The fourth-order valence-corrected chi connectivity index (χ4v) is 4.12. The van der Waals surface area contributed by atoms with Crippen molar-refractivity contribution in [2.24, 2.45) is 0 Å². The molecule has 178 valence electrons. The van der Waals surface area contributed by atoms with Crippen LogP contribution < -0.4 is 4.90 Å². The maximum Gasteiger partial charge on any atom is 0.324 e. The van der Waals surface area contributed by atoms with Gasteiger partial charge in [-0.25, -0.2) is 4.39 Å². The van der Waals surface area contributed by atoms with Crippen LogP contribution in [0.2, 0.25) is 0 Å². The Kier molecular flexibility index (Phi) is 6.89. The minimum Gasteiger partial charge on any atom is -0.378 e. The molecule has 0 spiro atoms. The van der Waals surface area contributed by atoms with Crippen LogP contribution in [0.1, 0.15) is 45.3 Å². The lowest BCUT2D eigenvalue weighted by molar-refractivity contribution is 0.0356. The highest BCUT2D eigenvalue weighted by Crippen LogP contribution is 2.25. The number of anilines is 1. The minimum absolute atomic E-state index is 0.130. The molecule has 0 saturated carbocycles. The molecule has 11 heteroatoms. The van der Waals surface area contributed by atoms with Gasteiger partial charge in [0.05, 0.1) is 34.8 Å². The summed E-state index contributed by atoms with van der Waals surface area (Å²) in [5, 5.41) is 8.00. The third-order valence-corrected chi connectivity index (χ3v) is 6.39. The Morgan fingerprint density at radius 3 is 2.58 bits per heavy atom. The van der Waals surface area contributed by atoms with Crippen LogP contribution in [0, 0.1) is 5.82 Å². The fourth-order valence-electron chi connectivity index (χ4n) is 3.52. The smallest absolute Gasteiger partial charge is 0.324 e. The van der Waals surface area contributed by atoms with Crippen molar-refractivity contribution in [3.8, 4) is 11.4 Å². The van der Waals surface area contributed by atoms with Gasteiger partial charge in [-0.1, -0.05) is 31.1 Å². The van der Waals surface area contributed by atoms with Crippen LogP contribution >= 0.6 is 0 Å². The van der Waals surface area contributed by atoms with Crippen LogP contribution in [0.25, 0.3) is 11.4 Å². The number of ether oxygens (including phenoxy) is 1. The molecule has 1 saturated heterocycles. The van der Waals surface area contributed by atoms with E-state index in [0.717, 1.165) is 25.9 Å². The number of benzene rings is 1. The summed E-state index contributed by atoms with van der Waals surface area (Å²) in [5.41, 5.74) is 0.325. The second-order valence-electron chi connectivity index (χ2n) is 9.07. The van der Waals surface area contributed by atoms with Crippen molar-refractivity contribution in [3.63, 3.8) is 0 Å². The van der Waals surface area contributed by atoms with Crippen molar-refractivity contribution in [2.75, 3.05) is 30.9 Å². The van der Waals surface area contributed by atoms with Crippen LogP contribution in [-0.2, 0) is 27.4 Å². The molecule has 0 radical (unpaired) electrons. The number of piperidine rings is 1. The van der Waals surface area contributed by atoms with Crippen LogP contribution in [0.15, 0.2) is 32.1 Å². The summed E-state index contributed by atoms with van der Waals surface area (Å²) < 4.78 is 42.3. The molecule has 1 aliphatic rings. The lowest BCUT2D eigenvalue weighted by Crippen LogP contribution is -2.37. The molecule has 1 unspecified atom stereocenters. The molecule has 1 aromatic carbocycles. The van der Waals surface area contributed by atoms with Gasteiger partial charge in [0, 0.05) is 30.3 Å². The predicted octanol–water partition coefficient (Wildman–Crippen LogP) is 3.52. The number of halogens is 1. The normalized spacial score (nSPS) is 16.3. The van der Waals surface area contributed by atoms with E-state index in [1.807, 2.05) is 0 Å². The van der Waals surface area contributed by atoms with Crippen LogP contribution in [0.4, 0.5) is 10.4 Å². The summed E-state index contributed by atoms with van der Waals surface area (Å²) in [7, 11) is -1.39. The highest BCUT2D eigenvalue weighted by Gasteiger charge is 2.26. The van der Waals surface area contributed by atoms with E-state index in [-0.39, 0.29) is 16.4 Å². The van der Waals surface area contributed by atoms with Crippen LogP contribution in [0.5, 0.6) is 0 Å². The average molecular weight is 478 g/mol. The highest BCUT2D eigenvalue weighted by atomic mass is 32.2. The Hall–Kier alpha value is -2.66. The SMILES string of the molecule is CS(=O)c1ccc(-c2noc(CCOC3CCN(c4nc(C(C)(C)C)no4)CC3)n2)cc1F. The Morgan fingerprint density at radius 1 is 1.18 bits per heavy atom. The molecule has 1 atom stereocenters. The fraction of sp³-hybridized carbons (Fsp3) is 0.545. The van der Waals surface area contributed by atoms with E-state index in [1.165, 1.54) is 18.4 Å². The second-order valence-corrected chi connectivity index (χ2v) is 10.4. The van der Waals surface area contributed by atoms with Gasteiger partial charge in [0.25, 0.3) is 0 Å². The van der Waals surface area contributed by atoms with Crippen molar-refractivity contribution in [1.29, 1.82) is 0 Å². The number of nitrogens with zero attached hydrogens (tertiary/aromatic N) is 5. The summed E-state index contributed by atoms with van der Waals surface area (Å²) >= 11 is 0. The molecule has 3 aromatic rings. The van der Waals surface area contributed by atoms with Gasteiger partial charge in [0.1, 0.15) is 5.82 Å². The predicted molar refractivity (Wildman–Crippen MR) is 120 cm³/mol. The number of aromatic nitrogens is 4. The molecule has 3 heterocycles. The van der Waals surface area contributed by atoms with Gasteiger partial charge in [-0.3, -0.25) is 4.21 Å². The molecule has 0 amide bonds. The molecule has 33 heavy (non-hydrogen) atoms. The van der Waals surface area contributed by atoms with Crippen LogP contribution in [-0.4, -0.2) is 56.5 Å². The highest BCUT2D eigenvalue weighted by molar-refractivity contribution is 7.84. The molecule has 1 aliphatic heterocycles. The Balaban J connectivity index is 1.24. The lowest BCUT2D eigenvalue weighted by atomic mass is 9.96. The van der Waals surface area contributed by atoms with Crippen molar-refractivity contribution in [3.05, 3.63) is 35.7 Å².